The SMILES string of the molecule is CCCN(CCC(=O)Nc1cccc(F)c1)C(C)=O. The summed E-state index contributed by atoms with van der Waals surface area (Å²) >= 11 is 0. The Balaban J connectivity index is 2.45. The van der Waals surface area contributed by atoms with Crippen molar-refractivity contribution in [3.8, 4) is 0 Å². The molecular weight excluding hydrogens is 247 g/mol. The summed E-state index contributed by atoms with van der Waals surface area (Å²) in [7, 11) is 0. The van der Waals surface area contributed by atoms with Crippen LogP contribution in [-0.4, -0.2) is 29.8 Å². The van der Waals surface area contributed by atoms with Crippen LogP contribution in [0.15, 0.2) is 24.3 Å². The van der Waals surface area contributed by atoms with Gasteiger partial charge in [0.05, 0.1) is 0 Å². The lowest BCUT2D eigenvalue weighted by atomic mass is 10.3. The predicted octanol–water partition coefficient (Wildman–Crippen LogP) is 2.41. The largest absolute Gasteiger partial charge is 0.342 e. The van der Waals surface area contributed by atoms with Gasteiger partial charge >= 0.3 is 0 Å². The van der Waals surface area contributed by atoms with Crippen LogP contribution in [0.4, 0.5) is 10.1 Å². The maximum absolute atomic E-state index is 12.9. The highest BCUT2D eigenvalue weighted by Crippen LogP contribution is 2.09. The van der Waals surface area contributed by atoms with Gasteiger partial charge in [0.25, 0.3) is 0 Å². The van der Waals surface area contributed by atoms with Gasteiger partial charge in [-0.15, -0.1) is 0 Å². The zero-order valence-corrected chi connectivity index (χ0v) is 11.3. The van der Waals surface area contributed by atoms with E-state index in [2.05, 4.69) is 5.32 Å². The number of nitrogens with zero attached hydrogens (tertiary/aromatic N) is 1. The molecule has 0 heterocycles. The second-order valence-electron chi connectivity index (χ2n) is 4.31. The minimum atomic E-state index is -0.394. The Kier molecular flexibility index (Phi) is 5.99. The molecule has 4 nitrogen and oxygen atoms in total. The van der Waals surface area contributed by atoms with E-state index in [4.69, 9.17) is 0 Å². The molecule has 0 spiro atoms. The number of carbonyl (C=O) groups is 2. The third kappa shape index (κ3) is 5.50. The highest BCUT2D eigenvalue weighted by molar-refractivity contribution is 5.91. The third-order valence-electron chi connectivity index (χ3n) is 2.66. The van der Waals surface area contributed by atoms with Gasteiger partial charge in [0.2, 0.25) is 11.8 Å². The van der Waals surface area contributed by atoms with Crippen LogP contribution in [0.5, 0.6) is 0 Å². The van der Waals surface area contributed by atoms with Crippen molar-refractivity contribution >= 4 is 17.5 Å². The molecule has 19 heavy (non-hydrogen) atoms. The van der Waals surface area contributed by atoms with E-state index < -0.39 is 5.82 Å². The van der Waals surface area contributed by atoms with E-state index in [1.807, 2.05) is 6.92 Å². The standard InChI is InChI=1S/C14H19FN2O2/c1-3-8-17(11(2)18)9-7-14(19)16-13-6-4-5-12(15)10-13/h4-6,10H,3,7-9H2,1-2H3,(H,16,19). The monoisotopic (exact) mass is 266 g/mol. The molecule has 2 amide bonds. The van der Waals surface area contributed by atoms with Gasteiger partial charge < -0.3 is 10.2 Å². The molecule has 0 atom stereocenters. The average molecular weight is 266 g/mol. The van der Waals surface area contributed by atoms with Gasteiger partial charge in [-0.3, -0.25) is 9.59 Å². The van der Waals surface area contributed by atoms with Gasteiger partial charge in [-0.25, -0.2) is 4.39 Å². The van der Waals surface area contributed by atoms with Gasteiger partial charge in [0.1, 0.15) is 5.82 Å². The Hall–Kier alpha value is -1.91. The minimum Gasteiger partial charge on any atom is -0.342 e. The summed E-state index contributed by atoms with van der Waals surface area (Å²) in [4.78, 5) is 24.6. The molecule has 0 aromatic heterocycles. The number of anilines is 1. The Labute approximate surface area is 112 Å². The molecule has 0 aliphatic rings. The first-order chi connectivity index (χ1) is 9.02. The van der Waals surface area contributed by atoms with E-state index in [-0.39, 0.29) is 18.2 Å². The molecule has 1 aromatic rings. The van der Waals surface area contributed by atoms with Crippen molar-refractivity contribution in [2.75, 3.05) is 18.4 Å². The van der Waals surface area contributed by atoms with Gasteiger partial charge in [-0.05, 0) is 24.6 Å². The lowest BCUT2D eigenvalue weighted by Gasteiger charge is -2.19. The molecule has 1 rings (SSSR count). The van der Waals surface area contributed by atoms with Crippen molar-refractivity contribution in [3.63, 3.8) is 0 Å². The molecule has 0 fully saturated rings. The number of carbonyl (C=O) groups excluding carboxylic acids is 2. The fraction of sp³-hybridized carbons (Fsp3) is 0.429. The molecule has 0 unspecified atom stereocenters. The van der Waals surface area contributed by atoms with Crippen molar-refractivity contribution in [3.05, 3.63) is 30.1 Å². The molecule has 0 saturated carbocycles. The normalized spacial score (nSPS) is 10.1. The van der Waals surface area contributed by atoms with Gasteiger partial charge in [0, 0.05) is 32.1 Å². The zero-order chi connectivity index (χ0) is 14.3. The van der Waals surface area contributed by atoms with Crippen LogP contribution in [0.2, 0.25) is 0 Å². The fourth-order valence-electron chi connectivity index (χ4n) is 1.72. The van der Waals surface area contributed by atoms with Crippen molar-refractivity contribution < 1.29 is 14.0 Å². The topological polar surface area (TPSA) is 49.4 Å². The summed E-state index contributed by atoms with van der Waals surface area (Å²) in [5.74, 6) is -0.664. The Morgan fingerprint density at radius 3 is 2.63 bits per heavy atom. The Bertz CT molecular complexity index is 449. The van der Waals surface area contributed by atoms with Crippen molar-refractivity contribution in [1.82, 2.24) is 4.90 Å². The van der Waals surface area contributed by atoms with Crippen LogP contribution in [0, 0.1) is 5.82 Å². The highest BCUT2D eigenvalue weighted by atomic mass is 19.1. The van der Waals surface area contributed by atoms with E-state index in [9.17, 15) is 14.0 Å². The van der Waals surface area contributed by atoms with E-state index in [1.54, 1.807) is 11.0 Å². The second kappa shape index (κ2) is 7.51. The van der Waals surface area contributed by atoms with Gasteiger partial charge in [-0.2, -0.15) is 0 Å². The first kappa shape index (κ1) is 15.1. The van der Waals surface area contributed by atoms with E-state index in [1.165, 1.54) is 25.1 Å². The third-order valence-corrected chi connectivity index (χ3v) is 2.66. The average Bonchev–Trinajstić information content (AvgIpc) is 2.34. The molecule has 0 aliphatic carbocycles. The number of benzene rings is 1. The van der Waals surface area contributed by atoms with Crippen molar-refractivity contribution in [2.24, 2.45) is 0 Å². The molecule has 0 radical (unpaired) electrons. The number of amides is 2. The molecule has 0 saturated heterocycles. The molecule has 104 valence electrons. The summed E-state index contributed by atoms with van der Waals surface area (Å²) in [5.41, 5.74) is 0.426. The lowest BCUT2D eigenvalue weighted by Crippen LogP contribution is -2.32. The molecule has 1 aromatic carbocycles. The van der Waals surface area contributed by atoms with E-state index in [0.29, 0.717) is 18.8 Å². The Morgan fingerprint density at radius 2 is 2.05 bits per heavy atom. The quantitative estimate of drug-likeness (QED) is 0.859. The van der Waals surface area contributed by atoms with Crippen LogP contribution in [-0.2, 0) is 9.59 Å². The summed E-state index contributed by atoms with van der Waals surface area (Å²) < 4.78 is 12.9. The Morgan fingerprint density at radius 1 is 1.32 bits per heavy atom. The first-order valence-electron chi connectivity index (χ1n) is 6.34. The van der Waals surface area contributed by atoms with Crippen molar-refractivity contribution in [1.29, 1.82) is 0 Å². The van der Waals surface area contributed by atoms with Crippen molar-refractivity contribution in [2.45, 2.75) is 26.7 Å². The maximum Gasteiger partial charge on any atom is 0.226 e. The lowest BCUT2D eigenvalue weighted by molar-refractivity contribution is -0.129. The number of rotatable bonds is 6. The smallest absolute Gasteiger partial charge is 0.226 e. The maximum atomic E-state index is 12.9. The predicted molar refractivity (Wildman–Crippen MR) is 72.2 cm³/mol. The van der Waals surface area contributed by atoms with Crippen LogP contribution >= 0.6 is 0 Å². The number of halogens is 1. The summed E-state index contributed by atoms with van der Waals surface area (Å²) in [6.07, 6.45) is 1.06. The summed E-state index contributed by atoms with van der Waals surface area (Å²) in [5, 5.41) is 2.60. The van der Waals surface area contributed by atoms with Crippen LogP contribution in [0.3, 0.4) is 0 Å². The minimum absolute atomic E-state index is 0.0413. The molecule has 5 heteroatoms. The molecule has 0 bridgehead atoms. The van der Waals surface area contributed by atoms with Crippen LogP contribution in [0.25, 0.3) is 0 Å². The number of hydrogen-bond acceptors (Lipinski definition) is 2. The molecular formula is C14H19FN2O2. The van der Waals surface area contributed by atoms with E-state index >= 15 is 0 Å². The van der Waals surface area contributed by atoms with Gasteiger partial charge in [0.15, 0.2) is 0 Å². The van der Waals surface area contributed by atoms with Crippen LogP contribution < -0.4 is 5.32 Å². The fourth-order valence-corrected chi connectivity index (χ4v) is 1.72. The summed E-state index contributed by atoms with van der Waals surface area (Å²) in [6, 6.07) is 5.72. The zero-order valence-electron chi connectivity index (χ0n) is 11.3. The second-order valence-corrected chi connectivity index (χ2v) is 4.31. The molecule has 0 aliphatic heterocycles. The number of hydrogen-bond donors (Lipinski definition) is 1. The van der Waals surface area contributed by atoms with E-state index in [0.717, 1.165) is 6.42 Å². The van der Waals surface area contributed by atoms with Crippen LogP contribution in [0.1, 0.15) is 26.7 Å². The summed E-state index contributed by atoms with van der Waals surface area (Å²) in [6.45, 7) is 4.48. The number of nitrogens with one attached hydrogen (secondary N) is 1. The highest BCUT2D eigenvalue weighted by Gasteiger charge is 2.10. The van der Waals surface area contributed by atoms with Gasteiger partial charge in [-0.1, -0.05) is 13.0 Å². The molecule has 1 N–H and O–H groups in total. The first-order valence-corrected chi connectivity index (χ1v) is 6.34.